The highest BCUT2D eigenvalue weighted by Gasteiger charge is 2.35. The zero-order chi connectivity index (χ0) is 7.56. The lowest BCUT2D eigenvalue weighted by atomic mass is 10.2. The number of aliphatic imine (C=N–C) groups is 1. The maximum Gasteiger partial charge on any atom is 0.106 e. The van der Waals surface area contributed by atoms with Gasteiger partial charge in [-0.15, -0.1) is 0 Å². The van der Waals surface area contributed by atoms with Crippen LogP contribution in [0.2, 0.25) is 0 Å². The fraction of sp³-hybridized carbons (Fsp3) is 0.500. The number of nitrogens with zero attached hydrogens (tertiary/aromatic N) is 1. The Hall–Kier alpha value is -0.850. The first-order valence-electron chi connectivity index (χ1n) is 3.27. The molecule has 1 aliphatic heterocycles. The Kier molecular flexibility index (Phi) is 2.05. The van der Waals surface area contributed by atoms with Crippen molar-refractivity contribution < 1.29 is 4.74 Å². The summed E-state index contributed by atoms with van der Waals surface area (Å²) in [4.78, 5) is 3.83. The van der Waals surface area contributed by atoms with Gasteiger partial charge in [-0.25, -0.2) is 4.99 Å². The van der Waals surface area contributed by atoms with E-state index in [1.807, 2.05) is 6.92 Å². The number of epoxide rings is 1. The van der Waals surface area contributed by atoms with Gasteiger partial charge in [-0.05, 0) is 24.9 Å². The molecule has 2 atom stereocenters. The van der Waals surface area contributed by atoms with E-state index in [9.17, 15) is 0 Å². The van der Waals surface area contributed by atoms with Gasteiger partial charge in [0.2, 0.25) is 0 Å². The molecule has 54 valence electrons. The summed E-state index contributed by atoms with van der Waals surface area (Å²) in [6.07, 6.45) is 0.574. The highest BCUT2D eigenvalue weighted by Crippen LogP contribution is 2.27. The summed E-state index contributed by atoms with van der Waals surface area (Å²) in [5, 5.41) is 0. The lowest BCUT2D eigenvalue weighted by molar-refractivity contribution is 0.394. The summed E-state index contributed by atoms with van der Waals surface area (Å²) in [5.41, 5.74) is 1.02. The molecular formula is C8H11NO. The quantitative estimate of drug-likeness (QED) is 0.326. The molecule has 0 bridgehead atoms. The van der Waals surface area contributed by atoms with E-state index >= 15 is 0 Å². The van der Waals surface area contributed by atoms with Gasteiger partial charge in [0.25, 0.3) is 0 Å². The molecule has 1 fully saturated rings. The van der Waals surface area contributed by atoms with Gasteiger partial charge in [0.05, 0.1) is 12.6 Å². The third kappa shape index (κ3) is 1.56. The molecule has 1 heterocycles. The minimum atomic E-state index is 0.233. The van der Waals surface area contributed by atoms with Gasteiger partial charge in [-0.2, -0.15) is 0 Å². The van der Waals surface area contributed by atoms with Crippen molar-refractivity contribution in [3.63, 3.8) is 0 Å². The van der Waals surface area contributed by atoms with E-state index in [1.54, 1.807) is 0 Å². The summed E-state index contributed by atoms with van der Waals surface area (Å²) in [5.74, 6) is 2.45. The van der Waals surface area contributed by atoms with E-state index < -0.39 is 0 Å². The predicted octanol–water partition coefficient (Wildman–Crippen LogP) is 1.19. The minimum Gasteiger partial charge on any atom is -0.365 e. The molecule has 2 heteroatoms. The fourth-order valence-corrected chi connectivity index (χ4v) is 0.861. The molecule has 0 saturated carbocycles. The van der Waals surface area contributed by atoms with Crippen molar-refractivity contribution >= 4 is 5.87 Å². The topological polar surface area (TPSA) is 24.9 Å². The Balaban J connectivity index is 2.29. The first-order chi connectivity index (χ1) is 4.75. The SMILES string of the molecule is C=C=NCC(=C)C1OC1C. The molecule has 1 aliphatic rings. The molecule has 2 unspecified atom stereocenters. The number of hydrogen-bond donors (Lipinski definition) is 0. The van der Waals surface area contributed by atoms with Crippen LogP contribution in [0.3, 0.4) is 0 Å². The van der Waals surface area contributed by atoms with Gasteiger partial charge in [0, 0.05) is 0 Å². The van der Waals surface area contributed by atoms with E-state index in [0.717, 1.165) is 5.57 Å². The van der Waals surface area contributed by atoms with E-state index in [1.165, 1.54) is 0 Å². The van der Waals surface area contributed by atoms with Crippen LogP contribution < -0.4 is 0 Å². The van der Waals surface area contributed by atoms with E-state index in [4.69, 9.17) is 4.74 Å². The van der Waals surface area contributed by atoms with Crippen LogP contribution in [0.5, 0.6) is 0 Å². The van der Waals surface area contributed by atoms with Gasteiger partial charge in [0.15, 0.2) is 0 Å². The molecule has 1 rings (SSSR count). The van der Waals surface area contributed by atoms with E-state index in [-0.39, 0.29) is 6.10 Å². The monoisotopic (exact) mass is 137 g/mol. The molecule has 0 N–H and O–H groups in total. The molecule has 0 aliphatic carbocycles. The lowest BCUT2D eigenvalue weighted by Crippen LogP contribution is -1.97. The number of rotatable bonds is 3. The van der Waals surface area contributed by atoms with Crippen LogP contribution in [0.4, 0.5) is 0 Å². The van der Waals surface area contributed by atoms with Crippen molar-refractivity contribution in [2.45, 2.75) is 19.1 Å². The van der Waals surface area contributed by atoms with Gasteiger partial charge in [-0.1, -0.05) is 6.58 Å². The first-order valence-corrected chi connectivity index (χ1v) is 3.27. The molecular weight excluding hydrogens is 126 g/mol. The summed E-state index contributed by atoms with van der Waals surface area (Å²) in [6, 6.07) is 0. The summed E-state index contributed by atoms with van der Waals surface area (Å²) in [6.45, 7) is 9.79. The average Bonchev–Trinajstić information content (AvgIpc) is 2.62. The minimum absolute atomic E-state index is 0.233. The van der Waals surface area contributed by atoms with Gasteiger partial charge in [-0.3, -0.25) is 0 Å². The zero-order valence-corrected chi connectivity index (χ0v) is 6.13. The average molecular weight is 137 g/mol. The van der Waals surface area contributed by atoms with Crippen LogP contribution in [-0.2, 0) is 4.74 Å². The Morgan fingerprint density at radius 3 is 2.80 bits per heavy atom. The molecule has 0 aromatic carbocycles. The molecule has 2 nitrogen and oxygen atoms in total. The Morgan fingerprint density at radius 2 is 2.40 bits per heavy atom. The maximum atomic E-state index is 5.17. The summed E-state index contributed by atoms with van der Waals surface area (Å²) < 4.78 is 5.17. The third-order valence-corrected chi connectivity index (χ3v) is 1.51. The number of ether oxygens (including phenoxy) is 1. The van der Waals surface area contributed by atoms with Crippen molar-refractivity contribution in [1.29, 1.82) is 0 Å². The normalized spacial score (nSPS) is 28.9. The third-order valence-electron chi connectivity index (χ3n) is 1.51. The summed E-state index contributed by atoms with van der Waals surface area (Å²) in [7, 11) is 0. The van der Waals surface area contributed by atoms with Crippen molar-refractivity contribution in [3.8, 4) is 0 Å². The van der Waals surface area contributed by atoms with Crippen LogP contribution in [0, 0.1) is 0 Å². The Morgan fingerprint density at radius 1 is 1.80 bits per heavy atom. The molecule has 0 spiro atoms. The summed E-state index contributed by atoms with van der Waals surface area (Å²) >= 11 is 0. The lowest BCUT2D eigenvalue weighted by Gasteiger charge is -1.91. The van der Waals surface area contributed by atoms with Crippen LogP contribution >= 0.6 is 0 Å². The van der Waals surface area contributed by atoms with Crippen LogP contribution in [0.1, 0.15) is 6.92 Å². The standard InChI is InChI=1S/C8H11NO/c1-4-9-5-6(2)8-7(3)10-8/h7-8H,1-2,5H2,3H3. The van der Waals surface area contributed by atoms with Crippen molar-refractivity contribution in [2.24, 2.45) is 4.99 Å². The second kappa shape index (κ2) is 2.82. The molecule has 1 saturated heterocycles. The molecule has 10 heavy (non-hydrogen) atoms. The van der Waals surface area contributed by atoms with Crippen molar-refractivity contribution in [3.05, 3.63) is 18.7 Å². The van der Waals surface area contributed by atoms with Crippen molar-refractivity contribution in [1.82, 2.24) is 0 Å². The highest BCUT2D eigenvalue weighted by atomic mass is 16.6. The van der Waals surface area contributed by atoms with Gasteiger partial charge in [0.1, 0.15) is 6.10 Å². The molecule has 0 aromatic heterocycles. The maximum absolute atomic E-state index is 5.17. The van der Waals surface area contributed by atoms with E-state index in [2.05, 4.69) is 24.0 Å². The Bertz CT molecular complexity index is 191. The Labute approximate surface area is 60.9 Å². The number of hydrogen-bond acceptors (Lipinski definition) is 2. The van der Waals surface area contributed by atoms with Gasteiger partial charge < -0.3 is 4.74 Å². The second-order valence-corrected chi connectivity index (χ2v) is 2.39. The van der Waals surface area contributed by atoms with Crippen LogP contribution in [-0.4, -0.2) is 24.6 Å². The highest BCUT2D eigenvalue weighted by molar-refractivity contribution is 5.47. The van der Waals surface area contributed by atoms with Crippen LogP contribution in [0.25, 0.3) is 0 Å². The second-order valence-electron chi connectivity index (χ2n) is 2.39. The predicted molar refractivity (Wildman–Crippen MR) is 41.4 cm³/mol. The van der Waals surface area contributed by atoms with Crippen molar-refractivity contribution in [2.75, 3.05) is 6.54 Å². The molecule has 0 radical (unpaired) electrons. The molecule has 0 aromatic rings. The largest absolute Gasteiger partial charge is 0.365 e. The van der Waals surface area contributed by atoms with Gasteiger partial charge >= 0.3 is 0 Å². The molecule has 0 amide bonds. The smallest absolute Gasteiger partial charge is 0.106 e. The van der Waals surface area contributed by atoms with Crippen LogP contribution in [0.15, 0.2) is 23.7 Å². The zero-order valence-electron chi connectivity index (χ0n) is 6.13. The first kappa shape index (κ1) is 7.26. The van der Waals surface area contributed by atoms with E-state index in [0.29, 0.717) is 12.6 Å². The fourth-order valence-electron chi connectivity index (χ4n) is 0.861.